The summed E-state index contributed by atoms with van der Waals surface area (Å²) >= 11 is 0. The normalized spacial score (nSPS) is 10.1. The van der Waals surface area contributed by atoms with E-state index in [4.69, 9.17) is 14.6 Å². The van der Waals surface area contributed by atoms with Crippen molar-refractivity contribution in [2.24, 2.45) is 0 Å². The Morgan fingerprint density at radius 1 is 1.05 bits per heavy atom. The summed E-state index contributed by atoms with van der Waals surface area (Å²) in [5, 5.41) is 10.8. The monoisotopic (exact) mass is 291 g/mol. The standard InChI is InChI=1S/C12H21NO7/c1-2-3-12(17)20-7-6-18-5-4-13-10(14)8-19-9-11(15)16/h2-9H2,1H3,(H,13,14)(H,15,16). The van der Waals surface area contributed by atoms with E-state index in [0.29, 0.717) is 6.42 Å². The zero-order chi connectivity index (χ0) is 15.2. The van der Waals surface area contributed by atoms with Crippen molar-refractivity contribution in [1.82, 2.24) is 5.32 Å². The minimum absolute atomic E-state index is 0.189. The molecule has 0 bridgehead atoms. The van der Waals surface area contributed by atoms with Crippen molar-refractivity contribution in [3.8, 4) is 0 Å². The van der Waals surface area contributed by atoms with Crippen LogP contribution in [0.25, 0.3) is 0 Å². The minimum Gasteiger partial charge on any atom is -0.480 e. The Balaban J connectivity index is 3.29. The molecule has 0 aliphatic heterocycles. The van der Waals surface area contributed by atoms with Crippen LogP contribution in [-0.4, -0.2) is 62.5 Å². The van der Waals surface area contributed by atoms with E-state index >= 15 is 0 Å². The summed E-state index contributed by atoms with van der Waals surface area (Å²) in [6.07, 6.45) is 1.14. The molecule has 0 aliphatic carbocycles. The van der Waals surface area contributed by atoms with Crippen LogP contribution in [0.2, 0.25) is 0 Å². The predicted octanol–water partition coefficient (Wildman–Crippen LogP) is -0.436. The summed E-state index contributed by atoms with van der Waals surface area (Å²) in [7, 11) is 0. The van der Waals surface area contributed by atoms with Crippen molar-refractivity contribution in [1.29, 1.82) is 0 Å². The molecule has 0 atom stereocenters. The Kier molecular flexibility index (Phi) is 11.3. The number of ether oxygens (including phenoxy) is 3. The van der Waals surface area contributed by atoms with Gasteiger partial charge in [0.2, 0.25) is 5.91 Å². The van der Waals surface area contributed by atoms with Gasteiger partial charge in [-0.1, -0.05) is 6.92 Å². The molecule has 0 rings (SSSR count). The van der Waals surface area contributed by atoms with Gasteiger partial charge in [0, 0.05) is 13.0 Å². The van der Waals surface area contributed by atoms with Crippen molar-refractivity contribution in [3.63, 3.8) is 0 Å². The van der Waals surface area contributed by atoms with Crippen molar-refractivity contribution in [2.45, 2.75) is 19.8 Å². The molecule has 8 nitrogen and oxygen atoms in total. The van der Waals surface area contributed by atoms with Crippen molar-refractivity contribution in [3.05, 3.63) is 0 Å². The topological polar surface area (TPSA) is 111 Å². The second-order valence-electron chi connectivity index (χ2n) is 3.82. The molecule has 0 fully saturated rings. The van der Waals surface area contributed by atoms with Gasteiger partial charge >= 0.3 is 11.9 Å². The number of carbonyl (C=O) groups is 3. The lowest BCUT2D eigenvalue weighted by Crippen LogP contribution is -2.31. The number of hydrogen-bond donors (Lipinski definition) is 2. The summed E-state index contributed by atoms with van der Waals surface area (Å²) in [6, 6.07) is 0. The van der Waals surface area contributed by atoms with Gasteiger partial charge in [-0.2, -0.15) is 0 Å². The summed E-state index contributed by atoms with van der Waals surface area (Å²) in [6.45, 7) is 2.08. The number of amides is 1. The molecule has 0 aromatic heterocycles. The second-order valence-corrected chi connectivity index (χ2v) is 3.82. The Hall–Kier alpha value is -1.67. The number of carboxylic acid groups (broad SMARTS) is 1. The van der Waals surface area contributed by atoms with E-state index in [9.17, 15) is 14.4 Å². The Bertz CT molecular complexity index is 306. The molecule has 0 aliphatic rings. The fourth-order valence-corrected chi connectivity index (χ4v) is 1.14. The molecule has 0 radical (unpaired) electrons. The van der Waals surface area contributed by atoms with Crippen LogP contribution in [-0.2, 0) is 28.6 Å². The van der Waals surface area contributed by atoms with Crippen LogP contribution >= 0.6 is 0 Å². The van der Waals surface area contributed by atoms with E-state index in [1.54, 1.807) is 0 Å². The first-order chi connectivity index (χ1) is 9.56. The third-order valence-electron chi connectivity index (χ3n) is 1.97. The maximum absolute atomic E-state index is 11.1. The van der Waals surface area contributed by atoms with Crippen molar-refractivity contribution < 1.29 is 33.7 Å². The Labute approximate surface area is 117 Å². The van der Waals surface area contributed by atoms with Gasteiger partial charge in [0.15, 0.2) is 0 Å². The third kappa shape index (κ3) is 12.8. The van der Waals surface area contributed by atoms with Crippen LogP contribution < -0.4 is 5.32 Å². The lowest BCUT2D eigenvalue weighted by Gasteiger charge is -2.07. The van der Waals surface area contributed by atoms with Gasteiger partial charge in [-0.25, -0.2) is 4.79 Å². The average Bonchev–Trinajstić information content (AvgIpc) is 2.37. The number of hydrogen-bond acceptors (Lipinski definition) is 6. The van der Waals surface area contributed by atoms with Gasteiger partial charge in [0.1, 0.15) is 19.8 Å². The zero-order valence-electron chi connectivity index (χ0n) is 11.6. The third-order valence-corrected chi connectivity index (χ3v) is 1.97. The van der Waals surface area contributed by atoms with E-state index in [1.165, 1.54) is 0 Å². The highest BCUT2D eigenvalue weighted by atomic mass is 16.6. The Morgan fingerprint density at radius 3 is 2.45 bits per heavy atom. The molecule has 0 saturated carbocycles. The largest absolute Gasteiger partial charge is 0.480 e. The molecule has 0 aromatic rings. The second kappa shape index (κ2) is 12.4. The SMILES string of the molecule is CCCC(=O)OCCOCCNC(=O)COCC(=O)O. The molecular formula is C12H21NO7. The first-order valence-corrected chi connectivity index (χ1v) is 6.35. The highest BCUT2D eigenvalue weighted by Gasteiger charge is 2.03. The lowest BCUT2D eigenvalue weighted by molar-refractivity contribution is -0.145. The number of nitrogens with one attached hydrogen (secondary N) is 1. The minimum atomic E-state index is -1.13. The fourth-order valence-electron chi connectivity index (χ4n) is 1.14. The van der Waals surface area contributed by atoms with E-state index in [0.717, 1.165) is 6.42 Å². The molecular weight excluding hydrogens is 270 g/mol. The van der Waals surface area contributed by atoms with E-state index in [2.05, 4.69) is 10.1 Å². The summed E-state index contributed by atoms with van der Waals surface area (Å²) in [5.41, 5.74) is 0. The predicted molar refractivity (Wildman–Crippen MR) is 68.2 cm³/mol. The van der Waals surface area contributed by atoms with Crippen LogP contribution in [0, 0.1) is 0 Å². The maximum Gasteiger partial charge on any atom is 0.329 e. The highest BCUT2D eigenvalue weighted by molar-refractivity contribution is 5.77. The highest BCUT2D eigenvalue weighted by Crippen LogP contribution is 1.90. The molecule has 0 aromatic carbocycles. The molecule has 0 heterocycles. The fraction of sp³-hybridized carbons (Fsp3) is 0.750. The number of rotatable bonds is 12. The maximum atomic E-state index is 11.1. The van der Waals surface area contributed by atoms with Crippen LogP contribution in [0.15, 0.2) is 0 Å². The van der Waals surface area contributed by atoms with Crippen LogP contribution in [0.1, 0.15) is 19.8 Å². The van der Waals surface area contributed by atoms with E-state index in [-0.39, 0.29) is 38.9 Å². The molecule has 20 heavy (non-hydrogen) atoms. The molecule has 116 valence electrons. The summed E-state index contributed by atoms with van der Waals surface area (Å²) in [4.78, 5) is 32.2. The first kappa shape index (κ1) is 18.3. The van der Waals surface area contributed by atoms with Crippen molar-refractivity contribution >= 4 is 17.8 Å². The lowest BCUT2D eigenvalue weighted by atomic mass is 10.3. The molecule has 0 saturated heterocycles. The van der Waals surface area contributed by atoms with Crippen LogP contribution in [0.3, 0.4) is 0 Å². The van der Waals surface area contributed by atoms with E-state index in [1.807, 2.05) is 6.92 Å². The quantitative estimate of drug-likeness (QED) is 0.370. The van der Waals surface area contributed by atoms with Gasteiger partial charge < -0.3 is 24.6 Å². The average molecular weight is 291 g/mol. The van der Waals surface area contributed by atoms with Gasteiger partial charge in [-0.05, 0) is 6.42 Å². The van der Waals surface area contributed by atoms with E-state index < -0.39 is 18.5 Å². The zero-order valence-corrected chi connectivity index (χ0v) is 11.6. The van der Waals surface area contributed by atoms with Crippen molar-refractivity contribution in [2.75, 3.05) is 39.6 Å². The number of aliphatic carboxylic acids is 1. The number of carboxylic acids is 1. The summed E-state index contributed by atoms with van der Waals surface area (Å²) < 4.78 is 14.6. The van der Waals surface area contributed by atoms with Gasteiger partial charge in [-0.3, -0.25) is 9.59 Å². The molecule has 0 spiro atoms. The van der Waals surface area contributed by atoms with Crippen LogP contribution in [0.4, 0.5) is 0 Å². The van der Waals surface area contributed by atoms with Gasteiger partial charge in [0.05, 0.1) is 13.2 Å². The number of esters is 1. The molecule has 1 amide bonds. The Morgan fingerprint density at radius 2 is 1.80 bits per heavy atom. The van der Waals surface area contributed by atoms with Gasteiger partial charge in [0.25, 0.3) is 0 Å². The summed E-state index contributed by atoms with van der Waals surface area (Å²) in [5.74, 6) is -1.79. The molecule has 2 N–H and O–H groups in total. The smallest absolute Gasteiger partial charge is 0.329 e. The van der Waals surface area contributed by atoms with Crippen LogP contribution in [0.5, 0.6) is 0 Å². The molecule has 0 unspecified atom stereocenters. The molecule has 8 heteroatoms. The first-order valence-electron chi connectivity index (χ1n) is 6.35. The number of carbonyl (C=O) groups excluding carboxylic acids is 2. The van der Waals surface area contributed by atoms with Gasteiger partial charge in [-0.15, -0.1) is 0 Å².